The number of benzene rings is 2. The van der Waals surface area contributed by atoms with Crippen LogP contribution >= 0.6 is 34.3 Å². The Morgan fingerprint density at radius 1 is 1.03 bits per heavy atom. The molecule has 4 aromatic rings. The molecule has 1 unspecified atom stereocenters. The second kappa shape index (κ2) is 10.4. The van der Waals surface area contributed by atoms with Gasteiger partial charge >= 0.3 is 11.9 Å². The van der Waals surface area contributed by atoms with Crippen LogP contribution in [0.5, 0.6) is 5.75 Å². The van der Waals surface area contributed by atoms with Crippen LogP contribution < -0.4 is 0 Å². The number of rotatable bonds is 5. The fourth-order valence-corrected chi connectivity index (χ4v) is 6.80. The molecule has 188 valence electrons. The van der Waals surface area contributed by atoms with Crippen molar-refractivity contribution in [3.05, 3.63) is 103 Å². The van der Waals surface area contributed by atoms with Gasteiger partial charge in [-0.05, 0) is 46.8 Å². The molecule has 1 aliphatic rings. The van der Waals surface area contributed by atoms with Gasteiger partial charge < -0.3 is 19.5 Å². The Labute approximate surface area is 226 Å². The molecule has 1 atom stereocenters. The highest BCUT2D eigenvalue weighted by molar-refractivity contribution is 7.19. The summed E-state index contributed by atoms with van der Waals surface area (Å²) >= 11 is 9.95. The number of fused-ring (bicyclic) bond motifs is 2. The van der Waals surface area contributed by atoms with Crippen LogP contribution in [0.3, 0.4) is 0 Å². The van der Waals surface area contributed by atoms with Crippen molar-refractivity contribution >= 4 is 62.4 Å². The molecule has 9 heteroatoms. The van der Waals surface area contributed by atoms with Crippen molar-refractivity contribution in [2.75, 3.05) is 14.2 Å². The maximum absolute atomic E-state index is 13.0. The molecular formula is C28H22ClNO5S2. The summed E-state index contributed by atoms with van der Waals surface area (Å²) in [6.07, 6.45) is 3.24. The second-order valence-electron chi connectivity index (χ2n) is 8.32. The standard InChI is InChI=1S/C28H22ClNO5S2/c1-34-27(32)20-12-16-9-10-17(31)13-19(16)26(23-8-5-11-36-23)30(14-21(20)28(33)35-2)15-24-25(29)18-6-3-4-7-22(18)37-24/h3-14,26,31H,15H2,1-2H3. The minimum Gasteiger partial charge on any atom is -0.508 e. The number of phenols is 1. The molecule has 0 spiro atoms. The topological polar surface area (TPSA) is 76.1 Å². The molecule has 1 aliphatic heterocycles. The average molecular weight is 552 g/mol. The highest BCUT2D eigenvalue weighted by atomic mass is 35.5. The number of aromatic hydroxyl groups is 1. The number of esters is 2. The summed E-state index contributed by atoms with van der Waals surface area (Å²) in [5.41, 5.74) is 1.55. The zero-order chi connectivity index (χ0) is 26.1. The zero-order valence-electron chi connectivity index (χ0n) is 19.9. The summed E-state index contributed by atoms with van der Waals surface area (Å²) in [5, 5.41) is 14.0. The third kappa shape index (κ3) is 4.75. The van der Waals surface area contributed by atoms with E-state index in [1.807, 2.05) is 46.7 Å². The van der Waals surface area contributed by atoms with Gasteiger partial charge in [0.2, 0.25) is 0 Å². The highest BCUT2D eigenvalue weighted by Crippen LogP contribution is 2.42. The number of hydrogen-bond acceptors (Lipinski definition) is 8. The van der Waals surface area contributed by atoms with Crippen LogP contribution in [0.1, 0.15) is 26.9 Å². The van der Waals surface area contributed by atoms with Crippen LogP contribution in [0.25, 0.3) is 16.2 Å². The number of methoxy groups -OCH3 is 2. The van der Waals surface area contributed by atoms with E-state index in [-0.39, 0.29) is 16.9 Å². The van der Waals surface area contributed by atoms with Gasteiger partial charge in [-0.25, -0.2) is 9.59 Å². The van der Waals surface area contributed by atoms with Gasteiger partial charge in [0.1, 0.15) is 5.75 Å². The van der Waals surface area contributed by atoms with Gasteiger partial charge in [-0.2, -0.15) is 0 Å². The van der Waals surface area contributed by atoms with E-state index in [1.54, 1.807) is 53.1 Å². The van der Waals surface area contributed by atoms with Gasteiger partial charge in [-0.3, -0.25) is 0 Å². The Morgan fingerprint density at radius 2 is 1.78 bits per heavy atom. The monoisotopic (exact) mass is 551 g/mol. The van der Waals surface area contributed by atoms with Gasteiger partial charge in [0.15, 0.2) is 0 Å². The van der Waals surface area contributed by atoms with Crippen molar-refractivity contribution in [2.24, 2.45) is 0 Å². The first-order chi connectivity index (χ1) is 17.9. The number of ether oxygens (including phenoxy) is 2. The van der Waals surface area contributed by atoms with Gasteiger partial charge in [0.25, 0.3) is 0 Å². The Balaban J connectivity index is 1.78. The summed E-state index contributed by atoms with van der Waals surface area (Å²) in [7, 11) is 2.53. The molecule has 0 bridgehead atoms. The van der Waals surface area contributed by atoms with Gasteiger partial charge in [0.05, 0.1) is 43.0 Å². The van der Waals surface area contributed by atoms with E-state index < -0.39 is 18.0 Å². The number of phenolic OH excluding ortho intramolecular Hbond substituents is 1. The van der Waals surface area contributed by atoms with Crippen molar-refractivity contribution < 1.29 is 24.2 Å². The lowest BCUT2D eigenvalue weighted by Gasteiger charge is -2.33. The minimum atomic E-state index is -0.676. The maximum Gasteiger partial charge on any atom is 0.340 e. The predicted octanol–water partition coefficient (Wildman–Crippen LogP) is 6.54. The SMILES string of the molecule is COC(=O)C1=Cc2ccc(O)cc2C(c2cccs2)N(Cc2sc3ccccc3c2Cl)C=C1C(=O)OC. The van der Waals surface area contributed by atoms with Crippen LogP contribution in [0, 0.1) is 0 Å². The maximum atomic E-state index is 13.0. The fraction of sp³-hybridized carbons (Fsp3) is 0.143. The van der Waals surface area contributed by atoms with Crippen molar-refractivity contribution in [1.82, 2.24) is 4.90 Å². The third-order valence-electron chi connectivity index (χ3n) is 6.13. The fourth-order valence-electron chi connectivity index (χ4n) is 4.44. The molecule has 0 saturated carbocycles. The molecule has 2 aromatic heterocycles. The first kappa shape index (κ1) is 25.1. The number of thiophene rings is 2. The molecule has 2 aromatic carbocycles. The van der Waals surface area contributed by atoms with Crippen LogP contribution in [0.2, 0.25) is 5.02 Å². The summed E-state index contributed by atoms with van der Waals surface area (Å²) in [6.45, 7) is 0.338. The molecular weight excluding hydrogens is 530 g/mol. The number of nitrogens with zero attached hydrogens (tertiary/aromatic N) is 1. The third-order valence-corrected chi connectivity index (χ3v) is 8.76. The van der Waals surface area contributed by atoms with E-state index in [9.17, 15) is 14.7 Å². The predicted molar refractivity (Wildman–Crippen MR) is 147 cm³/mol. The van der Waals surface area contributed by atoms with Crippen LogP contribution in [-0.2, 0) is 25.6 Å². The molecule has 0 fully saturated rings. The minimum absolute atomic E-state index is 0.0540. The summed E-state index contributed by atoms with van der Waals surface area (Å²) in [4.78, 5) is 29.7. The number of halogens is 1. The van der Waals surface area contributed by atoms with Crippen LogP contribution in [-0.4, -0.2) is 36.2 Å². The number of hydrogen-bond donors (Lipinski definition) is 1. The molecule has 3 heterocycles. The molecule has 6 nitrogen and oxygen atoms in total. The Hall–Kier alpha value is -3.59. The highest BCUT2D eigenvalue weighted by Gasteiger charge is 2.32. The van der Waals surface area contributed by atoms with Gasteiger partial charge in [-0.15, -0.1) is 22.7 Å². The largest absolute Gasteiger partial charge is 0.508 e. The Bertz CT molecular complexity index is 1550. The average Bonchev–Trinajstić information content (AvgIpc) is 3.54. The number of carbonyl (C=O) groups is 2. The van der Waals surface area contributed by atoms with Gasteiger partial charge in [0, 0.05) is 26.0 Å². The molecule has 37 heavy (non-hydrogen) atoms. The van der Waals surface area contributed by atoms with E-state index in [2.05, 4.69) is 0 Å². The van der Waals surface area contributed by atoms with Crippen molar-refractivity contribution in [3.63, 3.8) is 0 Å². The van der Waals surface area contributed by atoms with Crippen LogP contribution in [0.15, 0.2) is 77.3 Å². The molecule has 0 aliphatic carbocycles. The Morgan fingerprint density at radius 3 is 2.49 bits per heavy atom. The smallest absolute Gasteiger partial charge is 0.340 e. The van der Waals surface area contributed by atoms with E-state index in [0.717, 1.165) is 25.4 Å². The van der Waals surface area contributed by atoms with E-state index in [0.29, 0.717) is 17.1 Å². The molecule has 5 rings (SSSR count). The normalized spacial score (nSPS) is 15.3. The molecule has 0 saturated heterocycles. The number of carbonyl (C=O) groups excluding carboxylic acids is 2. The van der Waals surface area contributed by atoms with Crippen LogP contribution in [0.4, 0.5) is 0 Å². The first-order valence-electron chi connectivity index (χ1n) is 11.3. The van der Waals surface area contributed by atoms with Crippen molar-refractivity contribution in [2.45, 2.75) is 12.6 Å². The van der Waals surface area contributed by atoms with Gasteiger partial charge in [-0.1, -0.05) is 41.9 Å². The molecule has 0 amide bonds. The summed E-state index contributed by atoms with van der Waals surface area (Å²) in [6, 6.07) is 16.4. The van der Waals surface area contributed by atoms with Crippen molar-refractivity contribution in [1.29, 1.82) is 0 Å². The Kier molecular flexibility index (Phi) is 7.06. The quantitative estimate of drug-likeness (QED) is 0.284. The lowest BCUT2D eigenvalue weighted by Crippen LogP contribution is -2.28. The first-order valence-corrected chi connectivity index (χ1v) is 13.4. The lowest BCUT2D eigenvalue weighted by molar-refractivity contribution is -0.139. The van der Waals surface area contributed by atoms with E-state index in [4.69, 9.17) is 21.1 Å². The summed E-state index contributed by atoms with van der Waals surface area (Å²) in [5.74, 6) is -1.26. The van der Waals surface area contributed by atoms with E-state index >= 15 is 0 Å². The molecule has 0 radical (unpaired) electrons. The van der Waals surface area contributed by atoms with Crippen molar-refractivity contribution in [3.8, 4) is 5.75 Å². The zero-order valence-corrected chi connectivity index (χ0v) is 22.3. The molecule has 1 N–H and O–H groups in total. The second-order valence-corrected chi connectivity index (χ2v) is 10.8. The summed E-state index contributed by atoms with van der Waals surface area (Å²) < 4.78 is 11.1. The van der Waals surface area contributed by atoms with E-state index in [1.165, 1.54) is 14.2 Å². The lowest BCUT2D eigenvalue weighted by atomic mass is 9.92.